The monoisotopic (exact) mass is 457 g/mol. The van der Waals surface area contributed by atoms with Crippen molar-refractivity contribution in [3.8, 4) is 17.2 Å². The van der Waals surface area contributed by atoms with Gasteiger partial charge in [-0.05, 0) is 35.4 Å². The molecule has 2 aromatic carbocycles. The summed E-state index contributed by atoms with van der Waals surface area (Å²) in [4.78, 5) is 35.6. The van der Waals surface area contributed by atoms with Crippen molar-refractivity contribution in [2.24, 2.45) is 0 Å². The first-order valence-corrected chi connectivity index (χ1v) is 11.8. The van der Waals surface area contributed by atoms with Crippen molar-refractivity contribution in [3.63, 3.8) is 0 Å². The molecule has 0 radical (unpaired) electrons. The average molecular weight is 458 g/mol. The van der Waals surface area contributed by atoms with E-state index >= 15 is 0 Å². The Morgan fingerprint density at radius 1 is 0.879 bits per heavy atom. The van der Waals surface area contributed by atoms with E-state index in [1.54, 1.807) is 18.3 Å². The Bertz CT molecular complexity index is 1170. The van der Waals surface area contributed by atoms with Crippen molar-refractivity contribution >= 4 is 23.2 Å². The number of amides is 2. The van der Waals surface area contributed by atoms with Crippen LogP contribution < -0.4 is 0 Å². The normalized spacial score (nSPS) is 16.8. The lowest BCUT2D eigenvalue weighted by Crippen LogP contribution is -2.64. The van der Waals surface area contributed by atoms with Crippen LogP contribution in [0.25, 0.3) is 11.1 Å². The molecule has 2 aliphatic rings. The van der Waals surface area contributed by atoms with E-state index in [9.17, 15) is 9.59 Å². The lowest BCUT2D eigenvalue weighted by atomic mass is 10.0. The highest BCUT2D eigenvalue weighted by molar-refractivity contribution is 7.11. The number of thiazole rings is 1. The van der Waals surface area contributed by atoms with Crippen molar-refractivity contribution in [2.75, 3.05) is 39.3 Å². The quantitative estimate of drug-likeness (QED) is 0.602. The zero-order valence-electron chi connectivity index (χ0n) is 18.1. The van der Waals surface area contributed by atoms with E-state index in [4.69, 9.17) is 5.26 Å². The highest BCUT2D eigenvalue weighted by atomic mass is 32.1. The zero-order valence-corrected chi connectivity index (χ0v) is 18.9. The molecule has 0 aliphatic carbocycles. The Labute approximate surface area is 196 Å². The Kier molecular flexibility index (Phi) is 5.90. The van der Waals surface area contributed by atoms with Gasteiger partial charge >= 0.3 is 0 Å². The van der Waals surface area contributed by atoms with Gasteiger partial charge in [-0.3, -0.25) is 14.5 Å². The average Bonchev–Trinajstić information content (AvgIpc) is 3.38. The van der Waals surface area contributed by atoms with Gasteiger partial charge in [0.05, 0.1) is 11.6 Å². The predicted molar refractivity (Wildman–Crippen MR) is 126 cm³/mol. The molecule has 0 spiro atoms. The molecule has 5 rings (SSSR count). The maximum atomic E-state index is 12.9. The first-order valence-electron chi connectivity index (χ1n) is 10.9. The summed E-state index contributed by atoms with van der Waals surface area (Å²) in [5, 5.41) is 11.3. The van der Waals surface area contributed by atoms with Gasteiger partial charge in [-0.2, -0.15) is 5.26 Å². The summed E-state index contributed by atoms with van der Waals surface area (Å²) < 4.78 is 0. The highest BCUT2D eigenvalue weighted by Crippen LogP contribution is 2.23. The van der Waals surface area contributed by atoms with Crippen LogP contribution in [0.3, 0.4) is 0 Å². The van der Waals surface area contributed by atoms with Gasteiger partial charge in [-0.15, -0.1) is 11.3 Å². The Morgan fingerprint density at radius 2 is 1.52 bits per heavy atom. The van der Waals surface area contributed by atoms with Crippen LogP contribution in [0.1, 0.15) is 25.7 Å². The summed E-state index contributed by atoms with van der Waals surface area (Å²) >= 11 is 1.38. The number of piperazine rings is 1. The molecule has 2 aliphatic heterocycles. The summed E-state index contributed by atoms with van der Waals surface area (Å²) in [6.07, 6.45) is 1.66. The van der Waals surface area contributed by atoms with Gasteiger partial charge in [-0.25, -0.2) is 4.98 Å². The van der Waals surface area contributed by atoms with E-state index in [0.717, 1.165) is 37.3 Å². The third-order valence-electron chi connectivity index (χ3n) is 6.36. The predicted octanol–water partition coefficient (Wildman–Crippen LogP) is 2.96. The molecule has 1 aromatic heterocycles. The van der Waals surface area contributed by atoms with E-state index in [1.165, 1.54) is 11.3 Å². The Morgan fingerprint density at radius 3 is 2.09 bits per heavy atom. The minimum absolute atomic E-state index is 0.0134. The van der Waals surface area contributed by atoms with E-state index in [-0.39, 0.29) is 11.8 Å². The van der Waals surface area contributed by atoms with E-state index in [2.05, 4.69) is 16.0 Å². The van der Waals surface area contributed by atoms with E-state index in [0.29, 0.717) is 35.3 Å². The molecule has 2 fully saturated rings. The number of benzene rings is 2. The maximum absolute atomic E-state index is 12.9. The molecule has 2 saturated heterocycles. The van der Waals surface area contributed by atoms with Crippen LogP contribution in [0.15, 0.2) is 60.1 Å². The van der Waals surface area contributed by atoms with Crippen LogP contribution in [0, 0.1) is 11.3 Å². The Hall–Kier alpha value is -3.54. The molecule has 7 nitrogen and oxygen atoms in total. The van der Waals surface area contributed by atoms with Crippen molar-refractivity contribution < 1.29 is 9.59 Å². The van der Waals surface area contributed by atoms with Gasteiger partial charge in [-0.1, -0.05) is 24.3 Å². The SMILES string of the molecule is N#Cc1ccc(-c2ccc(C(=O)N3CC(N4CCN(C(=O)c5nccs5)CC4)C3)cc2)cc1. The molecule has 8 heteroatoms. The molecule has 0 saturated carbocycles. The van der Waals surface area contributed by atoms with Gasteiger partial charge in [0.1, 0.15) is 0 Å². The summed E-state index contributed by atoms with van der Waals surface area (Å²) in [6.45, 7) is 4.47. The molecule has 0 N–H and O–H groups in total. The number of hydrogen-bond acceptors (Lipinski definition) is 6. The molecular weight excluding hydrogens is 434 g/mol. The zero-order chi connectivity index (χ0) is 22.8. The van der Waals surface area contributed by atoms with E-state index in [1.807, 2.05) is 51.6 Å². The Balaban J connectivity index is 1.12. The minimum Gasteiger partial charge on any atom is -0.335 e. The first kappa shape index (κ1) is 21.3. The number of nitriles is 1. The number of carbonyl (C=O) groups excluding carboxylic acids is 2. The third-order valence-corrected chi connectivity index (χ3v) is 7.12. The van der Waals surface area contributed by atoms with Crippen LogP contribution in [-0.2, 0) is 0 Å². The largest absolute Gasteiger partial charge is 0.335 e. The van der Waals surface area contributed by atoms with Gasteiger partial charge in [0.2, 0.25) is 0 Å². The van der Waals surface area contributed by atoms with Crippen LogP contribution in [0.2, 0.25) is 0 Å². The summed E-state index contributed by atoms with van der Waals surface area (Å²) in [5.41, 5.74) is 3.35. The van der Waals surface area contributed by atoms with Crippen LogP contribution in [0.5, 0.6) is 0 Å². The van der Waals surface area contributed by atoms with Crippen LogP contribution >= 0.6 is 11.3 Å². The first-order chi connectivity index (χ1) is 16.1. The second-order valence-electron chi connectivity index (χ2n) is 8.30. The van der Waals surface area contributed by atoms with Crippen LogP contribution in [0.4, 0.5) is 0 Å². The summed E-state index contributed by atoms with van der Waals surface area (Å²) in [7, 11) is 0. The number of aromatic nitrogens is 1. The second kappa shape index (κ2) is 9.14. The van der Waals surface area contributed by atoms with Crippen molar-refractivity contribution in [1.29, 1.82) is 5.26 Å². The fourth-order valence-corrected chi connectivity index (χ4v) is 4.93. The maximum Gasteiger partial charge on any atom is 0.282 e. The molecule has 166 valence electrons. The highest BCUT2D eigenvalue weighted by Gasteiger charge is 2.37. The number of nitrogens with zero attached hydrogens (tertiary/aromatic N) is 5. The van der Waals surface area contributed by atoms with Crippen LogP contribution in [-0.4, -0.2) is 76.8 Å². The van der Waals surface area contributed by atoms with Crippen molar-refractivity contribution in [1.82, 2.24) is 19.7 Å². The lowest BCUT2D eigenvalue weighted by molar-refractivity contribution is 0.00853. The van der Waals surface area contributed by atoms with Crippen molar-refractivity contribution in [3.05, 3.63) is 76.2 Å². The fraction of sp³-hybridized carbons (Fsp3) is 0.280. The number of rotatable bonds is 4. The molecule has 33 heavy (non-hydrogen) atoms. The van der Waals surface area contributed by atoms with E-state index < -0.39 is 0 Å². The molecule has 3 heterocycles. The molecule has 2 amide bonds. The fourth-order valence-electron chi connectivity index (χ4n) is 4.33. The van der Waals surface area contributed by atoms with Crippen molar-refractivity contribution in [2.45, 2.75) is 6.04 Å². The molecule has 0 bridgehead atoms. The topological polar surface area (TPSA) is 80.5 Å². The molecule has 0 atom stereocenters. The van der Waals surface area contributed by atoms with Gasteiger partial charge in [0.25, 0.3) is 11.8 Å². The van der Waals surface area contributed by atoms with Gasteiger partial charge in [0, 0.05) is 62.5 Å². The van der Waals surface area contributed by atoms with Gasteiger partial charge in [0.15, 0.2) is 5.01 Å². The number of carbonyl (C=O) groups is 2. The number of likely N-dealkylation sites (tertiary alicyclic amines) is 1. The third kappa shape index (κ3) is 4.38. The summed E-state index contributed by atoms with van der Waals surface area (Å²) in [6, 6.07) is 17.5. The second-order valence-corrected chi connectivity index (χ2v) is 9.19. The minimum atomic E-state index is 0.0134. The smallest absolute Gasteiger partial charge is 0.282 e. The number of hydrogen-bond donors (Lipinski definition) is 0. The molecule has 0 unspecified atom stereocenters. The standard InChI is InChI=1S/C25H23N5O2S/c26-15-18-1-3-19(4-2-18)20-5-7-21(8-6-20)24(31)30-16-22(17-30)28-10-12-29(13-11-28)25(32)23-27-9-14-33-23/h1-9,14,22H,10-13,16-17H2. The summed E-state index contributed by atoms with van der Waals surface area (Å²) in [5.74, 6) is 0.0646. The molecular formula is C25H23N5O2S. The molecule has 3 aromatic rings. The lowest BCUT2D eigenvalue weighted by Gasteiger charge is -2.48. The van der Waals surface area contributed by atoms with Gasteiger partial charge < -0.3 is 9.80 Å².